The molecule has 358 valence electrons. The second kappa shape index (κ2) is 26.2. The molecule has 15 heteroatoms. The van der Waals surface area contributed by atoms with Gasteiger partial charge in [-0.25, -0.2) is 0 Å². The molecule has 3 saturated carbocycles. The van der Waals surface area contributed by atoms with Crippen LogP contribution in [0, 0.1) is 29.1 Å². The van der Waals surface area contributed by atoms with Crippen molar-refractivity contribution in [3.8, 4) is 0 Å². The molecule has 3 amide bonds. The maximum Gasteiger partial charge on any atom is 0.461 e. The first-order chi connectivity index (χ1) is 29.7. The van der Waals surface area contributed by atoms with E-state index in [2.05, 4.69) is 38.3 Å². The third-order valence-corrected chi connectivity index (χ3v) is 14.5. The van der Waals surface area contributed by atoms with Crippen LogP contribution in [0.4, 0.5) is 0 Å². The van der Waals surface area contributed by atoms with Crippen molar-refractivity contribution in [1.82, 2.24) is 10.6 Å². The Morgan fingerprint density at radius 2 is 1.35 bits per heavy atom. The molecule has 63 heavy (non-hydrogen) atoms. The molecular weight excluding hydrogens is 803 g/mol. The summed E-state index contributed by atoms with van der Waals surface area (Å²) in [7, 11) is -0.624. The summed E-state index contributed by atoms with van der Waals surface area (Å²) in [5.41, 5.74) is 10.9. The van der Waals surface area contributed by atoms with Gasteiger partial charge in [-0.2, -0.15) is 0 Å². The predicted octanol–water partition coefficient (Wildman–Crippen LogP) is 6.25. The molecule has 4 rings (SSSR count). The predicted molar refractivity (Wildman–Crippen MR) is 244 cm³/mol. The quantitative estimate of drug-likeness (QED) is 0.0358. The molecule has 7 N–H and O–H groups in total. The molecular formula is C48H83BN4O10. The van der Waals surface area contributed by atoms with Crippen LogP contribution in [0.1, 0.15) is 190 Å². The van der Waals surface area contributed by atoms with Gasteiger partial charge in [0.2, 0.25) is 17.7 Å². The zero-order chi connectivity index (χ0) is 46.9. The van der Waals surface area contributed by atoms with Gasteiger partial charge < -0.3 is 36.5 Å². The highest BCUT2D eigenvalue weighted by Gasteiger charge is 2.68. The largest absolute Gasteiger partial charge is 0.461 e. The number of primary amides is 1. The summed E-state index contributed by atoms with van der Waals surface area (Å²) in [6.07, 6.45) is 13.2. The SMILES string of the molecule is CCCCCCCCCCCC(=O)CCCC(=O)C[C@@H](CCCCN)C(=O)N[C@H](C(=O)C[C@@H](C)C(=O)N[C@@H](CC(N)=O)C(=O)C[C@@H](C)B1OC2C[C@@H]3C[C@@H](C3(C)C)[C@]2(C)O1)[C@@H](C)O. The fourth-order valence-corrected chi connectivity index (χ4v) is 10.2. The normalized spacial score (nSPS) is 23.9. The Labute approximate surface area is 378 Å². The number of nitrogens with one attached hydrogen (secondary N) is 2. The Morgan fingerprint density at radius 3 is 1.95 bits per heavy atom. The Bertz CT molecular complexity index is 1540. The Kier molecular flexibility index (Phi) is 22.6. The fraction of sp³-hybridized carbons (Fsp3) is 0.854. The second-order valence-corrected chi connectivity index (χ2v) is 20.2. The maximum absolute atomic E-state index is 13.6. The standard InChI is InChI=1S/C48H83BN4O10/c1-8-9-10-11-12-13-14-15-16-21-36(55)22-19-23-37(56)27-34(20-17-18-24-50)46(61)53-44(33(4)54)40(58)25-31(2)45(60)52-38(30-43(51)59)39(57)26-32(3)49-62-42-29-35-28-41(47(35,5)6)48(42,7)63-49/h31-35,38,41-42,44,54H,8-30,50H2,1-7H3,(H2,51,59)(H,52,60)(H,53,61)/t31-,32-,33-,34-,35+,38+,41+,42?,44+,48+/m1/s1. The topological polar surface area (TPSA) is 234 Å². The average molecular weight is 887 g/mol. The molecule has 1 unspecified atom stereocenters. The van der Waals surface area contributed by atoms with Gasteiger partial charge in [0.1, 0.15) is 17.6 Å². The Hall–Kier alpha value is -3.01. The number of carbonyl (C=O) groups excluding carboxylic acids is 7. The Balaban J connectivity index is 1.49. The molecule has 3 aliphatic carbocycles. The number of ketones is 4. The van der Waals surface area contributed by atoms with Crippen LogP contribution in [0.25, 0.3) is 0 Å². The lowest BCUT2D eigenvalue weighted by molar-refractivity contribution is -0.199. The summed E-state index contributed by atoms with van der Waals surface area (Å²) in [5, 5.41) is 15.9. The first-order valence-electron chi connectivity index (χ1n) is 24.4. The van der Waals surface area contributed by atoms with Crippen LogP contribution in [-0.2, 0) is 42.9 Å². The van der Waals surface area contributed by atoms with Crippen LogP contribution in [0.2, 0.25) is 5.82 Å². The van der Waals surface area contributed by atoms with E-state index >= 15 is 0 Å². The molecule has 1 aliphatic heterocycles. The molecule has 14 nitrogen and oxygen atoms in total. The van der Waals surface area contributed by atoms with Gasteiger partial charge in [0.25, 0.3) is 0 Å². The zero-order valence-corrected chi connectivity index (χ0v) is 39.8. The van der Waals surface area contributed by atoms with E-state index in [1.54, 1.807) is 0 Å². The Morgan fingerprint density at radius 1 is 0.730 bits per heavy atom. The van der Waals surface area contributed by atoms with Gasteiger partial charge in [0.05, 0.1) is 30.3 Å². The fourth-order valence-electron chi connectivity index (χ4n) is 10.2. The van der Waals surface area contributed by atoms with Crippen molar-refractivity contribution in [1.29, 1.82) is 0 Å². The van der Waals surface area contributed by atoms with Crippen LogP contribution >= 0.6 is 0 Å². The first-order valence-corrected chi connectivity index (χ1v) is 24.4. The number of amides is 3. The van der Waals surface area contributed by atoms with Gasteiger partial charge >= 0.3 is 7.12 Å². The van der Waals surface area contributed by atoms with E-state index in [-0.39, 0.29) is 54.6 Å². The highest BCUT2D eigenvalue weighted by Crippen LogP contribution is 2.66. The lowest BCUT2D eigenvalue weighted by Gasteiger charge is -2.64. The van der Waals surface area contributed by atoms with Crippen molar-refractivity contribution in [3.63, 3.8) is 0 Å². The summed E-state index contributed by atoms with van der Waals surface area (Å²) in [4.78, 5) is 91.8. The molecule has 4 aliphatic rings. The number of unbranched alkanes of at least 4 members (excludes halogenated alkanes) is 9. The third-order valence-electron chi connectivity index (χ3n) is 14.5. The van der Waals surface area contributed by atoms with Crippen LogP contribution in [0.5, 0.6) is 0 Å². The first kappa shape index (κ1) is 54.3. The molecule has 0 aromatic heterocycles. The number of hydrogen-bond donors (Lipinski definition) is 5. The average Bonchev–Trinajstić information content (AvgIpc) is 3.58. The number of aliphatic hydroxyl groups is 1. The number of rotatable bonds is 34. The molecule has 0 aromatic rings. The van der Waals surface area contributed by atoms with Gasteiger partial charge in [0.15, 0.2) is 11.6 Å². The highest BCUT2D eigenvalue weighted by atomic mass is 16.7. The van der Waals surface area contributed by atoms with E-state index in [0.717, 1.165) is 32.1 Å². The highest BCUT2D eigenvalue weighted by molar-refractivity contribution is 6.47. The minimum Gasteiger partial charge on any atom is -0.405 e. The number of Topliss-reactive ketones (excluding diaryl/α,β-unsaturated/α-hetero) is 4. The second-order valence-electron chi connectivity index (χ2n) is 20.2. The van der Waals surface area contributed by atoms with E-state index < -0.39 is 78.5 Å². The van der Waals surface area contributed by atoms with E-state index in [0.29, 0.717) is 56.9 Å². The third kappa shape index (κ3) is 16.4. The van der Waals surface area contributed by atoms with Crippen LogP contribution in [0.15, 0.2) is 0 Å². The van der Waals surface area contributed by atoms with Gasteiger partial charge in [-0.1, -0.05) is 92.4 Å². The molecule has 0 spiro atoms. The molecule has 1 saturated heterocycles. The molecule has 2 bridgehead atoms. The molecule has 1 heterocycles. The van der Waals surface area contributed by atoms with E-state index in [1.807, 2.05) is 6.92 Å². The number of aliphatic hydroxyl groups excluding tert-OH is 1. The molecule has 0 radical (unpaired) electrons. The van der Waals surface area contributed by atoms with Gasteiger partial charge in [0, 0.05) is 50.4 Å². The van der Waals surface area contributed by atoms with Crippen molar-refractivity contribution < 1.29 is 48.0 Å². The van der Waals surface area contributed by atoms with E-state index in [4.69, 9.17) is 20.8 Å². The van der Waals surface area contributed by atoms with Crippen LogP contribution in [-0.4, -0.2) is 89.5 Å². The van der Waals surface area contributed by atoms with E-state index in [9.17, 15) is 38.7 Å². The minimum atomic E-state index is -1.36. The van der Waals surface area contributed by atoms with Crippen molar-refractivity contribution in [2.24, 2.45) is 40.6 Å². The number of hydrogen-bond acceptors (Lipinski definition) is 11. The van der Waals surface area contributed by atoms with Gasteiger partial charge in [-0.3, -0.25) is 33.6 Å². The summed E-state index contributed by atoms with van der Waals surface area (Å²) < 4.78 is 12.9. The van der Waals surface area contributed by atoms with Crippen LogP contribution < -0.4 is 22.1 Å². The molecule has 4 fully saturated rings. The van der Waals surface area contributed by atoms with Gasteiger partial charge in [-0.05, 0) is 82.0 Å². The van der Waals surface area contributed by atoms with Crippen molar-refractivity contribution >= 4 is 48.0 Å². The summed E-state index contributed by atoms with van der Waals surface area (Å²) >= 11 is 0. The maximum atomic E-state index is 13.6. The van der Waals surface area contributed by atoms with Gasteiger partial charge in [-0.15, -0.1) is 0 Å². The molecule has 0 aromatic carbocycles. The number of carbonyl (C=O) groups is 7. The lowest BCUT2D eigenvalue weighted by Crippen LogP contribution is -2.65. The minimum absolute atomic E-state index is 0.0426. The van der Waals surface area contributed by atoms with Crippen LogP contribution in [0.3, 0.4) is 0 Å². The van der Waals surface area contributed by atoms with Crippen molar-refractivity contribution in [2.75, 3.05) is 6.54 Å². The summed E-state index contributed by atoms with van der Waals surface area (Å²) in [6.45, 7) is 13.9. The summed E-state index contributed by atoms with van der Waals surface area (Å²) in [5.74, 6) is -4.31. The monoisotopic (exact) mass is 887 g/mol. The van der Waals surface area contributed by atoms with Crippen molar-refractivity contribution in [3.05, 3.63) is 0 Å². The smallest absolute Gasteiger partial charge is 0.405 e. The number of nitrogens with two attached hydrogens (primary N) is 2. The molecule has 10 atom stereocenters. The zero-order valence-electron chi connectivity index (χ0n) is 39.8. The lowest BCUT2D eigenvalue weighted by atomic mass is 9.43. The van der Waals surface area contributed by atoms with E-state index in [1.165, 1.54) is 52.4 Å². The van der Waals surface area contributed by atoms with Crippen molar-refractivity contribution in [2.45, 2.75) is 225 Å². The summed E-state index contributed by atoms with van der Waals surface area (Å²) in [6, 6.07) is -2.60.